The van der Waals surface area contributed by atoms with Gasteiger partial charge in [-0.25, -0.2) is 4.99 Å². The molecule has 0 saturated carbocycles. The molecule has 1 aromatic heterocycles. The van der Waals surface area contributed by atoms with E-state index in [2.05, 4.69) is 27.4 Å². The Balaban J connectivity index is 0.00000420. The van der Waals surface area contributed by atoms with Crippen molar-refractivity contribution in [3.63, 3.8) is 0 Å². The maximum absolute atomic E-state index is 12.7. The quantitative estimate of drug-likeness (QED) is 0.256. The van der Waals surface area contributed by atoms with Gasteiger partial charge in [0.25, 0.3) is 0 Å². The molecule has 162 valence electrons. The molecule has 2 aromatic rings. The van der Waals surface area contributed by atoms with Crippen molar-refractivity contribution in [2.24, 2.45) is 12.0 Å². The van der Waals surface area contributed by atoms with Gasteiger partial charge in [0.15, 0.2) is 11.8 Å². The maximum atomic E-state index is 12.7. The second-order valence-corrected chi connectivity index (χ2v) is 6.69. The van der Waals surface area contributed by atoms with E-state index in [1.54, 1.807) is 0 Å². The molecule has 29 heavy (non-hydrogen) atoms. The van der Waals surface area contributed by atoms with Crippen LogP contribution in [0.5, 0.6) is 0 Å². The number of hydrogen-bond acceptors (Lipinski definition) is 3. The van der Waals surface area contributed by atoms with E-state index in [-0.39, 0.29) is 24.0 Å². The van der Waals surface area contributed by atoms with Crippen molar-refractivity contribution in [3.8, 4) is 0 Å². The molecule has 0 amide bonds. The number of rotatable bonds is 7. The van der Waals surface area contributed by atoms with Crippen LogP contribution in [0.15, 0.2) is 29.3 Å². The number of guanidine groups is 1. The Kier molecular flexibility index (Phi) is 9.87. The number of halogens is 4. The second kappa shape index (κ2) is 11.4. The number of unbranched alkanes of at least 4 members (excludes halogenated alkanes) is 1. The van der Waals surface area contributed by atoms with Gasteiger partial charge in [-0.1, -0.05) is 25.5 Å². The lowest BCUT2D eigenvalue weighted by Crippen LogP contribution is -2.39. The molecule has 0 radical (unpaired) electrons. The number of aliphatic imine (C=N–C) groups is 1. The van der Waals surface area contributed by atoms with E-state index in [4.69, 9.17) is 0 Å². The third kappa shape index (κ3) is 7.48. The molecular weight excluding hydrogens is 496 g/mol. The number of benzene rings is 1. The topological polar surface area (TPSA) is 58.3 Å². The van der Waals surface area contributed by atoms with Crippen LogP contribution in [0.1, 0.15) is 42.5 Å². The van der Waals surface area contributed by atoms with Crippen LogP contribution < -0.4 is 5.32 Å². The molecule has 0 saturated heterocycles. The van der Waals surface area contributed by atoms with Crippen molar-refractivity contribution < 1.29 is 13.2 Å². The fourth-order valence-corrected chi connectivity index (χ4v) is 2.57. The van der Waals surface area contributed by atoms with Crippen molar-refractivity contribution >= 4 is 29.9 Å². The van der Waals surface area contributed by atoms with Crippen LogP contribution in [0.2, 0.25) is 0 Å². The predicted octanol–water partition coefficient (Wildman–Crippen LogP) is 4.14. The van der Waals surface area contributed by atoms with Gasteiger partial charge in [0.1, 0.15) is 12.4 Å². The Morgan fingerprint density at radius 1 is 1.21 bits per heavy atom. The summed E-state index contributed by atoms with van der Waals surface area (Å²) in [7, 11) is 3.74. The van der Waals surface area contributed by atoms with Gasteiger partial charge in [-0.2, -0.15) is 13.2 Å². The van der Waals surface area contributed by atoms with E-state index in [9.17, 15) is 13.2 Å². The normalized spacial score (nSPS) is 11.9. The van der Waals surface area contributed by atoms with Crippen LogP contribution in [-0.2, 0) is 26.3 Å². The molecule has 2 rings (SSSR count). The lowest BCUT2D eigenvalue weighted by Gasteiger charge is -2.23. The van der Waals surface area contributed by atoms with Gasteiger partial charge in [0.05, 0.1) is 5.56 Å². The monoisotopic (exact) mass is 524 g/mol. The van der Waals surface area contributed by atoms with E-state index in [1.165, 1.54) is 12.1 Å². The summed E-state index contributed by atoms with van der Waals surface area (Å²) in [5.74, 6) is 2.23. The molecule has 0 aliphatic carbocycles. The Labute approximate surface area is 186 Å². The zero-order chi connectivity index (χ0) is 20.7. The zero-order valence-electron chi connectivity index (χ0n) is 17.1. The fourth-order valence-electron chi connectivity index (χ4n) is 2.57. The summed E-state index contributed by atoms with van der Waals surface area (Å²) in [6.45, 7) is 5.55. The molecule has 10 heteroatoms. The van der Waals surface area contributed by atoms with Crippen LogP contribution >= 0.6 is 24.0 Å². The van der Waals surface area contributed by atoms with Crippen molar-refractivity contribution in [2.45, 2.75) is 46.0 Å². The minimum atomic E-state index is -4.33. The van der Waals surface area contributed by atoms with Crippen molar-refractivity contribution in [1.82, 2.24) is 25.0 Å². The number of nitrogens with one attached hydrogen (secondary N) is 1. The number of nitrogens with zero attached hydrogens (tertiary/aromatic N) is 5. The van der Waals surface area contributed by atoms with Gasteiger partial charge in [-0.3, -0.25) is 0 Å². The van der Waals surface area contributed by atoms with Gasteiger partial charge in [0, 0.05) is 27.2 Å². The summed E-state index contributed by atoms with van der Waals surface area (Å²) in [4.78, 5) is 6.51. The molecule has 0 aliphatic rings. The van der Waals surface area contributed by atoms with E-state index in [0.29, 0.717) is 19.0 Å². The second-order valence-electron chi connectivity index (χ2n) is 6.69. The average molecular weight is 524 g/mol. The molecule has 1 heterocycles. The highest BCUT2D eigenvalue weighted by molar-refractivity contribution is 14.0. The highest BCUT2D eigenvalue weighted by Crippen LogP contribution is 2.29. The van der Waals surface area contributed by atoms with Gasteiger partial charge >= 0.3 is 6.18 Å². The van der Waals surface area contributed by atoms with Crippen molar-refractivity contribution in [1.29, 1.82) is 0 Å². The summed E-state index contributed by atoms with van der Waals surface area (Å²) >= 11 is 0. The van der Waals surface area contributed by atoms with E-state index in [0.717, 1.165) is 48.7 Å². The Morgan fingerprint density at radius 3 is 2.38 bits per heavy atom. The molecule has 0 atom stereocenters. The number of hydrogen-bond donors (Lipinski definition) is 1. The van der Waals surface area contributed by atoms with Crippen molar-refractivity contribution in [3.05, 3.63) is 47.0 Å². The molecule has 6 nitrogen and oxygen atoms in total. The average Bonchev–Trinajstić information content (AvgIpc) is 2.96. The largest absolute Gasteiger partial charge is 0.416 e. The smallest absolute Gasteiger partial charge is 0.356 e. The highest BCUT2D eigenvalue weighted by Gasteiger charge is 2.29. The van der Waals surface area contributed by atoms with E-state index < -0.39 is 11.7 Å². The van der Waals surface area contributed by atoms with Gasteiger partial charge in [-0.05, 0) is 31.0 Å². The minimum absolute atomic E-state index is 0. The molecule has 0 unspecified atom stereocenters. The molecule has 0 fully saturated rings. The van der Waals surface area contributed by atoms with Gasteiger partial charge < -0.3 is 14.8 Å². The molecule has 1 N–H and O–H groups in total. The summed E-state index contributed by atoms with van der Waals surface area (Å²) in [5.41, 5.74) is 0.126. The first-order valence-electron chi connectivity index (χ1n) is 9.22. The Hall–Kier alpha value is -1.85. The van der Waals surface area contributed by atoms with E-state index >= 15 is 0 Å². The van der Waals surface area contributed by atoms with Crippen LogP contribution in [0, 0.1) is 6.92 Å². The third-order valence-electron chi connectivity index (χ3n) is 4.43. The highest BCUT2D eigenvalue weighted by atomic mass is 127. The number of aromatic nitrogens is 3. The third-order valence-corrected chi connectivity index (χ3v) is 4.43. The van der Waals surface area contributed by atoms with Crippen LogP contribution in [0.25, 0.3) is 0 Å². The fraction of sp³-hybridized carbons (Fsp3) is 0.526. The summed E-state index contributed by atoms with van der Waals surface area (Å²) in [6.07, 6.45) is -2.28. The summed E-state index contributed by atoms with van der Waals surface area (Å²) < 4.78 is 40.1. The lowest BCUT2D eigenvalue weighted by atomic mass is 10.1. The summed E-state index contributed by atoms with van der Waals surface area (Å²) in [6, 6.07) is 5.20. The Morgan fingerprint density at radius 2 is 1.86 bits per heavy atom. The van der Waals surface area contributed by atoms with Crippen LogP contribution in [-0.4, -0.2) is 39.2 Å². The first-order valence-corrected chi connectivity index (χ1v) is 9.22. The van der Waals surface area contributed by atoms with Gasteiger partial charge in [-0.15, -0.1) is 34.2 Å². The number of alkyl halides is 3. The summed E-state index contributed by atoms with van der Waals surface area (Å²) in [5, 5.41) is 11.5. The molecule has 0 spiro atoms. The van der Waals surface area contributed by atoms with Gasteiger partial charge in [0.2, 0.25) is 0 Å². The Bertz CT molecular complexity index is 786. The van der Waals surface area contributed by atoms with Crippen molar-refractivity contribution in [2.75, 3.05) is 13.6 Å². The SMILES string of the molecule is CCCCNC(=NCc1nnc(C)n1C)N(C)Cc1ccc(C(F)(F)F)cc1.I. The molecule has 0 aliphatic heterocycles. The van der Waals surface area contributed by atoms with Crippen LogP contribution in [0.3, 0.4) is 0 Å². The standard InChI is InChI=1S/C19H27F3N6.HI/c1-5-6-11-23-18(24-12-17-26-25-14(2)28(17)4)27(3)13-15-7-9-16(10-8-15)19(20,21)22;/h7-10H,5-6,11-13H2,1-4H3,(H,23,24);1H. The maximum Gasteiger partial charge on any atom is 0.416 e. The molecular formula is C19H28F3IN6. The molecule has 0 bridgehead atoms. The first-order chi connectivity index (χ1) is 13.2. The van der Waals surface area contributed by atoms with Crippen LogP contribution in [0.4, 0.5) is 13.2 Å². The predicted molar refractivity (Wildman–Crippen MR) is 118 cm³/mol. The van der Waals surface area contributed by atoms with E-state index in [1.807, 2.05) is 30.5 Å². The zero-order valence-corrected chi connectivity index (χ0v) is 19.5. The molecule has 1 aromatic carbocycles. The first kappa shape index (κ1) is 25.2. The lowest BCUT2D eigenvalue weighted by molar-refractivity contribution is -0.137. The number of aryl methyl sites for hydroxylation is 1. The minimum Gasteiger partial charge on any atom is -0.356 e.